The second-order valence-electron chi connectivity index (χ2n) is 4.73. The quantitative estimate of drug-likeness (QED) is 0.683. The zero-order valence-electron chi connectivity index (χ0n) is 12.3. The van der Waals surface area contributed by atoms with Crippen LogP contribution in [-0.4, -0.2) is 28.5 Å². The lowest BCUT2D eigenvalue weighted by molar-refractivity contribution is -0.141. The number of hydrogen-bond acceptors (Lipinski definition) is 4. The number of amides is 1. The standard InChI is InChI=1S/C15H11F3N4O2/c1-20-14(24)11(8-19)13(23)9-3-2-4-10(7-9)22-6-5-12(21-22)15(16,17)18/h2-7,11H,1H3,(H,20,24)/t11-/m0/s1. The molecule has 0 aliphatic rings. The van der Waals surface area contributed by atoms with E-state index in [-0.39, 0.29) is 11.3 Å². The number of aromatic nitrogens is 2. The van der Waals surface area contributed by atoms with E-state index < -0.39 is 29.5 Å². The molecule has 0 bridgehead atoms. The summed E-state index contributed by atoms with van der Waals surface area (Å²) in [6.45, 7) is 0. The number of carbonyl (C=O) groups is 2. The molecule has 6 nitrogen and oxygen atoms in total. The maximum atomic E-state index is 12.6. The Morgan fingerprint density at radius 3 is 2.58 bits per heavy atom. The van der Waals surface area contributed by atoms with Crippen molar-refractivity contribution in [2.45, 2.75) is 6.18 Å². The number of rotatable bonds is 4. The van der Waals surface area contributed by atoms with E-state index in [4.69, 9.17) is 5.26 Å². The van der Waals surface area contributed by atoms with Gasteiger partial charge in [0.2, 0.25) is 5.91 Å². The second kappa shape index (κ2) is 6.54. The maximum Gasteiger partial charge on any atom is 0.435 e. The van der Waals surface area contributed by atoms with Gasteiger partial charge < -0.3 is 5.32 Å². The van der Waals surface area contributed by atoms with Crippen molar-refractivity contribution in [2.24, 2.45) is 5.92 Å². The van der Waals surface area contributed by atoms with Crippen molar-refractivity contribution >= 4 is 11.7 Å². The number of halogens is 3. The molecule has 0 saturated heterocycles. The molecule has 0 radical (unpaired) electrons. The molecule has 1 heterocycles. The molecule has 0 spiro atoms. The van der Waals surface area contributed by atoms with Gasteiger partial charge in [0, 0.05) is 18.8 Å². The summed E-state index contributed by atoms with van der Waals surface area (Å²) in [5, 5.41) is 14.6. The summed E-state index contributed by atoms with van der Waals surface area (Å²) in [6, 6.07) is 7.92. The lowest BCUT2D eigenvalue weighted by Crippen LogP contribution is -2.32. The Morgan fingerprint density at radius 1 is 1.33 bits per heavy atom. The molecule has 1 atom stereocenters. The summed E-state index contributed by atoms with van der Waals surface area (Å²) in [7, 11) is 1.29. The first kappa shape index (κ1) is 17.2. The Hall–Kier alpha value is -3.15. The minimum absolute atomic E-state index is 0.0201. The third-order valence-electron chi connectivity index (χ3n) is 3.17. The summed E-state index contributed by atoms with van der Waals surface area (Å²) >= 11 is 0. The van der Waals surface area contributed by atoms with Crippen LogP contribution in [0, 0.1) is 17.2 Å². The molecule has 0 unspecified atom stereocenters. The average molecular weight is 336 g/mol. The third-order valence-corrected chi connectivity index (χ3v) is 3.17. The van der Waals surface area contributed by atoms with Gasteiger partial charge in [-0.25, -0.2) is 4.68 Å². The number of benzene rings is 1. The first-order chi connectivity index (χ1) is 11.3. The van der Waals surface area contributed by atoms with Crippen LogP contribution >= 0.6 is 0 Å². The average Bonchev–Trinajstić information content (AvgIpc) is 3.05. The van der Waals surface area contributed by atoms with E-state index in [1.54, 1.807) is 6.07 Å². The SMILES string of the molecule is CNC(=O)[C@@H](C#N)C(=O)c1cccc(-n2ccc(C(F)(F)F)n2)c1. The van der Waals surface area contributed by atoms with Gasteiger partial charge in [0.1, 0.15) is 0 Å². The van der Waals surface area contributed by atoms with Crippen LogP contribution in [0.2, 0.25) is 0 Å². The summed E-state index contributed by atoms with van der Waals surface area (Å²) in [4.78, 5) is 23.8. The number of alkyl halides is 3. The summed E-state index contributed by atoms with van der Waals surface area (Å²) in [6.07, 6.45) is -3.48. The molecule has 9 heteroatoms. The Bertz CT molecular complexity index is 821. The van der Waals surface area contributed by atoms with Gasteiger partial charge in [-0.1, -0.05) is 12.1 Å². The molecule has 124 valence electrons. The van der Waals surface area contributed by atoms with E-state index in [2.05, 4.69) is 10.4 Å². The van der Waals surface area contributed by atoms with Gasteiger partial charge in [-0.2, -0.15) is 23.5 Å². The van der Waals surface area contributed by atoms with Gasteiger partial charge in [-0.15, -0.1) is 0 Å². The van der Waals surface area contributed by atoms with Gasteiger partial charge in [0.25, 0.3) is 0 Å². The normalized spacial score (nSPS) is 12.3. The zero-order chi connectivity index (χ0) is 17.9. The van der Waals surface area contributed by atoms with Crippen LogP contribution in [0.3, 0.4) is 0 Å². The van der Waals surface area contributed by atoms with Crippen LogP contribution in [0.1, 0.15) is 16.1 Å². The van der Waals surface area contributed by atoms with Crippen LogP contribution in [-0.2, 0) is 11.0 Å². The topological polar surface area (TPSA) is 87.8 Å². The molecule has 1 aromatic carbocycles. The highest BCUT2D eigenvalue weighted by Gasteiger charge is 2.33. The van der Waals surface area contributed by atoms with Gasteiger partial charge in [0.15, 0.2) is 17.4 Å². The molecule has 0 aliphatic heterocycles. The predicted molar refractivity (Wildman–Crippen MR) is 76.1 cm³/mol. The van der Waals surface area contributed by atoms with E-state index in [9.17, 15) is 22.8 Å². The Labute approximate surface area is 134 Å². The van der Waals surface area contributed by atoms with Crippen molar-refractivity contribution in [2.75, 3.05) is 7.05 Å². The van der Waals surface area contributed by atoms with Gasteiger partial charge in [-0.3, -0.25) is 9.59 Å². The van der Waals surface area contributed by atoms with Crippen molar-refractivity contribution in [3.8, 4) is 11.8 Å². The number of nitrogens with zero attached hydrogens (tertiary/aromatic N) is 3. The van der Waals surface area contributed by atoms with E-state index in [1.807, 2.05) is 0 Å². The molecule has 0 saturated carbocycles. The third kappa shape index (κ3) is 3.43. The molecule has 1 amide bonds. The summed E-state index contributed by atoms with van der Waals surface area (Å²) in [5.41, 5.74) is -0.851. The van der Waals surface area contributed by atoms with E-state index in [0.29, 0.717) is 0 Å². The molecule has 0 aliphatic carbocycles. The second-order valence-corrected chi connectivity index (χ2v) is 4.73. The smallest absolute Gasteiger partial charge is 0.358 e. The van der Waals surface area contributed by atoms with Gasteiger partial charge in [0.05, 0.1) is 11.8 Å². The molecule has 2 rings (SSSR count). The Morgan fingerprint density at radius 2 is 2.04 bits per heavy atom. The fourth-order valence-corrected chi connectivity index (χ4v) is 1.97. The highest BCUT2D eigenvalue weighted by molar-refractivity contribution is 6.12. The van der Waals surface area contributed by atoms with Crippen molar-refractivity contribution in [3.05, 3.63) is 47.8 Å². The van der Waals surface area contributed by atoms with Crippen LogP contribution < -0.4 is 5.32 Å². The zero-order valence-corrected chi connectivity index (χ0v) is 12.3. The van der Waals surface area contributed by atoms with Crippen LogP contribution in [0.25, 0.3) is 5.69 Å². The van der Waals surface area contributed by atoms with Crippen LogP contribution in [0.5, 0.6) is 0 Å². The number of ketones is 1. The molecule has 2 aromatic rings. The number of Topliss-reactive ketones (excluding diaryl/α,β-unsaturated/α-hetero) is 1. The minimum atomic E-state index is -4.58. The van der Waals surface area contributed by atoms with Crippen molar-refractivity contribution in [3.63, 3.8) is 0 Å². The molecular formula is C15H11F3N4O2. The highest BCUT2D eigenvalue weighted by atomic mass is 19.4. The number of hydrogen-bond donors (Lipinski definition) is 1. The van der Waals surface area contributed by atoms with Crippen molar-refractivity contribution < 1.29 is 22.8 Å². The highest BCUT2D eigenvalue weighted by Crippen LogP contribution is 2.28. The monoisotopic (exact) mass is 336 g/mol. The Kier molecular flexibility index (Phi) is 4.69. The van der Waals surface area contributed by atoms with Gasteiger partial charge in [-0.05, 0) is 18.2 Å². The van der Waals surface area contributed by atoms with Crippen molar-refractivity contribution in [1.29, 1.82) is 5.26 Å². The van der Waals surface area contributed by atoms with Crippen LogP contribution in [0.4, 0.5) is 13.2 Å². The lowest BCUT2D eigenvalue weighted by atomic mass is 9.98. The number of nitriles is 1. The van der Waals surface area contributed by atoms with Gasteiger partial charge >= 0.3 is 6.18 Å². The molecule has 1 N–H and O–H groups in total. The predicted octanol–water partition coefficient (Wildman–Crippen LogP) is 1.96. The lowest BCUT2D eigenvalue weighted by Gasteiger charge is -2.08. The summed E-state index contributed by atoms with van der Waals surface area (Å²) in [5.74, 6) is -3.04. The van der Waals surface area contributed by atoms with E-state index in [1.165, 1.54) is 31.3 Å². The fraction of sp³-hybridized carbons (Fsp3) is 0.200. The fourth-order valence-electron chi connectivity index (χ4n) is 1.97. The molecular weight excluding hydrogens is 325 g/mol. The van der Waals surface area contributed by atoms with E-state index >= 15 is 0 Å². The van der Waals surface area contributed by atoms with Crippen molar-refractivity contribution in [1.82, 2.24) is 15.1 Å². The maximum absolute atomic E-state index is 12.6. The summed E-state index contributed by atoms with van der Waals surface area (Å²) < 4.78 is 38.7. The Balaban J connectivity index is 2.36. The first-order valence-corrected chi connectivity index (χ1v) is 6.66. The molecule has 24 heavy (non-hydrogen) atoms. The molecule has 1 aromatic heterocycles. The largest absolute Gasteiger partial charge is 0.435 e. The molecule has 0 fully saturated rings. The van der Waals surface area contributed by atoms with E-state index in [0.717, 1.165) is 16.9 Å². The van der Waals surface area contributed by atoms with Crippen LogP contribution in [0.15, 0.2) is 36.5 Å². The first-order valence-electron chi connectivity index (χ1n) is 6.66. The number of carbonyl (C=O) groups excluding carboxylic acids is 2. The number of nitrogens with one attached hydrogen (secondary N) is 1. The minimum Gasteiger partial charge on any atom is -0.358 e.